The second-order valence-electron chi connectivity index (χ2n) is 5.67. The first kappa shape index (κ1) is 15.9. The Bertz CT molecular complexity index is 472. The quantitative estimate of drug-likeness (QED) is 0.868. The third-order valence-corrected chi connectivity index (χ3v) is 4.07. The number of hydrogen-bond acceptors (Lipinski definition) is 3. The van der Waals surface area contributed by atoms with Gasteiger partial charge in [-0.3, -0.25) is 9.69 Å². The van der Waals surface area contributed by atoms with E-state index in [4.69, 9.17) is 0 Å². The lowest BCUT2D eigenvalue weighted by Gasteiger charge is -2.33. The van der Waals surface area contributed by atoms with Gasteiger partial charge < -0.3 is 10.6 Å². The van der Waals surface area contributed by atoms with E-state index >= 15 is 0 Å². The van der Waals surface area contributed by atoms with Crippen molar-refractivity contribution in [2.24, 2.45) is 0 Å². The lowest BCUT2D eigenvalue weighted by Crippen LogP contribution is -2.46. The maximum atomic E-state index is 13.2. The van der Waals surface area contributed by atoms with E-state index in [0.29, 0.717) is 12.6 Å². The number of carbonyl (C=O) groups is 1. The monoisotopic (exact) mass is 293 g/mol. The lowest BCUT2D eigenvalue weighted by atomic mass is 10.0. The van der Waals surface area contributed by atoms with Gasteiger partial charge in [-0.15, -0.1) is 0 Å². The van der Waals surface area contributed by atoms with Crippen molar-refractivity contribution < 1.29 is 9.18 Å². The number of likely N-dealkylation sites (N-methyl/N-ethyl adjacent to an activating group) is 1. The zero-order valence-corrected chi connectivity index (χ0v) is 12.7. The third-order valence-electron chi connectivity index (χ3n) is 4.07. The van der Waals surface area contributed by atoms with E-state index in [0.717, 1.165) is 31.5 Å². The van der Waals surface area contributed by atoms with Crippen LogP contribution in [0, 0.1) is 5.82 Å². The highest BCUT2D eigenvalue weighted by molar-refractivity contribution is 5.77. The van der Waals surface area contributed by atoms with Gasteiger partial charge in [-0.1, -0.05) is 12.1 Å². The minimum atomic E-state index is -0.193. The number of likely N-dealkylation sites (tertiary alicyclic amines) is 1. The zero-order chi connectivity index (χ0) is 15.2. The molecule has 116 valence electrons. The van der Waals surface area contributed by atoms with Crippen LogP contribution < -0.4 is 10.6 Å². The Hall–Kier alpha value is -1.46. The van der Waals surface area contributed by atoms with Crippen LogP contribution in [-0.2, 0) is 4.79 Å². The predicted molar refractivity (Wildman–Crippen MR) is 81.5 cm³/mol. The van der Waals surface area contributed by atoms with Crippen molar-refractivity contribution >= 4 is 5.91 Å². The summed E-state index contributed by atoms with van der Waals surface area (Å²) in [5.41, 5.74) is 0.975. The van der Waals surface area contributed by atoms with Gasteiger partial charge in [0.25, 0.3) is 0 Å². The van der Waals surface area contributed by atoms with Gasteiger partial charge in [-0.25, -0.2) is 4.39 Å². The van der Waals surface area contributed by atoms with Crippen LogP contribution in [0.3, 0.4) is 0 Å². The van der Waals surface area contributed by atoms with Crippen molar-refractivity contribution in [3.8, 4) is 0 Å². The summed E-state index contributed by atoms with van der Waals surface area (Å²) in [6, 6.07) is 7.29. The van der Waals surface area contributed by atoms with Crippen LogP contribution in [0.4, 0.5) is 4.39 Å². The Kier molecular flexibility index (Phi) is 5.70. The number of rotatable bonds is 5. The maximum Gasteiger partial charge on any atom is 0.233 e. The number of piperidine rings is 1. The molecule has 1 aromatic carbocycles. The largest absolute Gasteiger partial charge is 0.358 e. The van der Waals surface area contributed by atoms with Crippen molar-refractivity contribution in [1.29, 1.82) is 0 Å². The van der Waals surface area contributed by atoms with Gasteiger partial charge in [0, 0.05) is 32.2 Å². The minimum absolute atomic E-state index is 0.0644. The second-order valence-corrected chi connectivity index (χ2v) is 5.67. The molecule has 0 saturated carbocycles. The van der Waals surface area contributed by atoms with E-state index < -0.39 is 0 Å². The van der Waals surface area contributed by atoms with E-state index in [1.807, 2.05) is 6.07 Å². The molecular formula is C16H24FN3O. The highest BCUT2D eigenvalue weighted by Crippen LogP contribution is 2.18. The molecular weight excluding hydrogens is 269 g/mol. The summed E-state index contributed by atoms with van der Waals surface area (Å²) in [6.07, 6.45) is 2.02. The number of amides is 1. The van der Waals surface area contributed by atoms with Crippen molar-refractivity contribution in [3.05, 3.63) is 35.6 Å². The molecule has 1 atom stereocenters. The van der Waals surface area contributed by atoms with E-state index in [2.05, 4.69) is 22.5 Å². The fraction of sp³-hybridized carbons (Fsp3) is 0.562. The van der Waals surface area contributed by atoms with Crippen LogP contribution in [0.5, 0.6) is 0 Å². The summed E-state index contributed by atoms with van der Waals surface area (Å²) in [6.45, 7) is 4.37. The van der Waals surface area contributed by atoms with Crippen LogP contribution in [0.1, 0.15) is 31.4 Å². The Morgan fingerprint density at radius 1 is 1.43 bits per heavy atom. The molecule has 2 rings (SSSR count). The smallest absolute Gasteiger partial charge is 0.233 e. The Labute approximate surface area is 125 Å². The summed E-state index contributed by atoms with van der Waals surface area (Å²) >= 11 is 0. The fourth-order valence-corrected chi connectivity index (χ4v) is 2.77. The average Bonchev–Trinajstić information content (AvgIpc) is 2.49. The van der Waals surface area contributed by atoms with Crippen molar-refractivity contribution in [3.63, 3.8) is 0 Å². The molecule has 1 aliphatic heterocycles. The lowest BCUT2D eigenvalue weighted by molar-refractivity contribution is -0.122. The molecule has 1 heterocycles. The highest BCUT2D eigenvalue weighted by atomic mass is 19.1. The third kappa shape index (κ3) is 4.79. The molecule has 1 aliphatic rings. The van der Waals surface area contributed by atoms with E-state index in [9.17, 15) is 9.18 Å². The van der Waals surface area contributed by atoms with Crippen LogP contribution >= 0.6 is 0 Å². The van der Waals surface area contributed by atoms with Gasteiger partial charge in [-0.05, 0) is 37.5 Å². The number of carbonyl (C=O) groups excluding carboxylic acids is 1. The van der Waals surface area contributed by atoms with Gasteiger partial charge in [0.05, 0.1) is 6.54 Å². The summed E-state index contributed by atoms with van der Waals surface area (Å²) in [5, 5.41) is 6.21. The average molecular weight is 293 g/mol. The molecule has 21 heavy (non-hydrogen) atoms. The van der Waals surface area contributed by atoms with Crippen molar-refractivity contribution in [2.45, 2.75) is 31.8 Å². The SMILES string of the molecule is CNC(=O)CN1CCC(NC(C)c2cccc(F)c2)CC1. The van der Waals surface area contributed by atoms with Crippen LogP contribution in [0.15, 0.2) is 24.3 Å². The number of benzene rings is 1. The van der Waals surface area contributed by atoms with Gasteiger partial charge in [0.15, 0.2) is 0 Å². The molecule has 1 unspecified atom stereocenters. The van der Waals surface area contributed by atoms with Crippen LogP contribution in [0.2, 0.25) is 0 Å². The number of nitrogens with one attached hydrogen (secondary N) is 2. The van der Waals surface area contributed by atoms with E-state index in [1.165, 1.54) is 6.07 Å². The topological polar surface area (TPSA) is 44.4 Å². The molecule has 1 saturated heterocycles. The molecule has 1 fully saturated rings. The van der Waals surface area contributed by atoms with Crippen molar-refractivity contribution in [1.82, 2.24) is 15.5 Å². The Balaban J connectivity index is 1.79. The first-order valence-corrected chi connectivity index (χ1v) is 7.53. The van der Waals surface area contributed by atoms with Crippen molar-refractivity contribution in [2.75, 3.05) is 26.7 Å². The fourth-order valence-electron chi connectivity index (χ4n) is 2.77. The van der Waals surface area contributed by atoms with Crippen LogP contribution in [-0.4, -0.2) is 43.5 Å². The Morgan fingerprint density at radius 3 is 2.76 bits per heavy atom. The zero-order valence-electron chi connectivity index (χ0n) is 12.7. The molecule has 0 bridgehead atoms. The van der Waals surface area contributed by atoms with Gasteiger partial charge >= 0.3 is 0 Å². The van der Waals surface area contributed by atoms with E-state index in [1.54, 1.807) is 19.2 Å². The van der Waals surface area contributed by atoms with Gasteiger partial charge in [-0.2, -0.15) is 0 Å². The summed E-state index contributed by atoms with van der Waals surface area (Å²) in [5.74, 6) is -0.129. The first-order chi connectivity index (χ1) is 10.1. The highest BCUT2D eigenvalue weighted by Gasteiger charge is 2.21. The number of halogens is 1. The van der Waals surface area contributed by atoms with Gasteiger partial charge in [0.2, 0.25) is 5.91 Å². The van der Waals surface area contributed by atoms with Crippen LogP contribution in [0.25, 0.3) is 0 Å². The molecule has 0 radical (unpaired) electrons. The number of hydrogen-bond donors (Lipinski definition) is 2. The standard InChI is InChI=1S/C16H24FN3O/c1-12(13-4-3-5-14(17)10-13)19-15-6-8-20(9-7-15)11-16(21)18-2/h3-5,10,12,15,19H,6-9,11H2,1-2H3,(H,18,21). The maximum absolute atomic E-state index is 13.2. The van der Waals surface area contributed by atoms with Gasteiger partial charge in [0.1, 0.15) is 5.82 Å². The molecule has 0 aromatic heterocycles. The summed E-state index contributed by atoms with van der Waals surface area (Å²) in [4.78, 5) is 13.5. The molecule has 2 N–H and O–H groups in total. The molecule has 0 spiro atoms. The normalized spacial score (nSPS) is 18.4. The summed E-state index contributed by atoms with van der Waals surface area (Å²) in [7, 11) is 1.66. The number of nitrogens with zero attached hydrogens (tertiary/aromatic N) is 1. The van der Waals surface area contributed by atoms with E-state index in [-0.39, 0.29) is 17.8 Å². The molecule has 5 heteroatoms. The molecule has 1 amide bonds. The first-order valence-electron chi connectivity index (χ1n) is 7.53. The molecule has 1 aromatic rings. The molecule has 4 nitrogen and oxygen atoms in total. The Morgan fingerprint density at radius 2 is 2.14 bits per heavy atom. The minimum Gasteiger partial charge on any atom is -0.358 e. The summed E-state index contributed by atoms with van der Waals surface area (Å²) < 4.78 is 13.2. The second kappa shape index (κ2) is 7.52. The predicted octanol–water partition coefficient (Wildman–Crippen LogP) is 1.69. The molecule has 0 aliphatic carbocycles.